The minimum atomic E-state index is -0.0352. The van der Waals surface area contributed by atoms with Crippen LogP contribution in [0.25, 0.3) is 82.9 Å². The molecule has 44 heavy (non-hydrogen) atoms. The number of allylic oxidation sites excluding steroid dienone is 1. The van der Waals surface area contributed by atoms with Gasteiger partial charge in [-0.25, -0.2) is 0 Å². The average molecular weight is 563 g/mol. The molecule has 8 aromatic rings. The second kappa shape index (κ2) is 8.49. The van der Waals surface area contributed by atoms with Crippen molar-refractivity contribution in [1.82, 2.24) is 0 Å². The maximum Gasteiger partial charge on any atom is 0.136 e. The van der Waals surface area contributed by atoms with Gasteiger partial charge in [0.1, 0.15) is 11.2 Å². The van der Waals surface area contributed by atoms with Crippen molar-refractivity contribution < 1.29 is 4.42 Å². The van der Waals surface area contributed by atoms with Crippen LogP contribution in [0.15, 0.2) is 120 Å². The first kappa shape index (κ1) is 24.3. The highest BCUT2D eigenvalue weighted by atomic mass is 16.3. The minimum Gasteiger partial charge on any atom is -0.456 e. The zero-order valence-electron chi connectivity index (χ0n) is 24.9. The van der Waals surface area contributed by atoms with Gasteiger partial charge in [0.05, 0.1) is 0 Å². The van der Waals surface area contributed by atoms with Crippen molar-refractivity contribution >= 4 is 49.6 Å². The lowest BCUT2D eigenvalue weighted by Crippen LogP contribution is -2.14. The molecule has 1 aromatic heterocycles. The molecule has 2 aliphatic rings. The van der Waals surface area contributed by atoms with Gasteiger partial charge in [0.2, 0.25) is 0 Å². The number of rotatable bonds is 2. The van der Waals surface area contributed by atoms with E-state index in [2.05, 4.69) is 135 Å². The Labute approximate surface area is 256 Å². The summed E-state index contributed by atoms with van der Waals surface area (Å²) in [5.74, 6) is 0. The highest BCUT2D eigenvalue weighted by Crippen LogP contribution is 2.55. The Morgan fingerprint density at radius 2 is 1.25 bits per heavy atom. The number of hydrogen-bond acceptors (Lipinski definition) is 1. The quantitative estimate of drug-likeness (QED) is 0.191. The van der Waals surface area contributed by atoms with E-state index in [-0.39, 0.29) is 5.41 Å². The Morgan fingerprint density at radius 3 is 2.14 bits per heavy atom. The molecule has 0 bridgehead atoms. The first-order valence-corrected chi connectivity index (χ1v) is 15.8. The smallest absolute Gasteiger partial charge is 0.136 e. The lowest BCUT2D eigenvalue weighted by atomic mass is 9.77. The van der Waals surface area contributed by atoms with Crippen molar-refractivity contribution in [3.05, 3.63) is 138 Å². The van der Waals surface area contributed by atoms with E-state index >= 15 is 0 Å². The Hall–Kier alpha value is -5.14. The van der Waals surface area contributed by atoms with E-state index in [0.717, 1.165) is 24.0 Å². The van der Waals surface area contributed by atoms with Crippen LogP contribution < -0.4 is 0 Å². The van der Waals surface area contributed by atoms with Crippen LogP contribution in [0.3, 0.4) is 0 Å². The zero-order chi connectivity index (χ0) is 29.2. The maximum atomic E-state index is 6.36. The summed E-state index contributed by atoms with van der Waals surface area (Å²) >= 11 is 0. The summed E-state index contributed by atoms with van der Waals surface area (Å²) in [5, 5.41) is 7.59. The van der Waals surface area contributed by atoms with Gasteiger partial charge in [-0.3, -0.25) is 0 Å². The van der Waals surface area contributed by atoms with Crippen molar-refractivity contribution in [3.8, 4) is 33.4 Å². The van der Waals surface area contributed by atoms with Crippen molar-refractivity contribution in [2.75, 3.05) is 0 Å². The predicted molar refractivity (Wildman–Crippen MR) is 186 cm³/mol. The SMILES string of the molecule is CC1(C)c2ccccc2-c2c(-c3c4c(c(-c5cc6cccc7oc8cccc5c8c67)c5ccccc35)C=CCC4)cccc21. The fraction of sp³-hybridized carbons (Fsp3) is 0.116. The summed E-state index contributed by atoms with van der Waals surface area (Å²) in [4.78, 5) is 0. The van der Waals surface area contributed by atoms with Gasteiger partial charge in [0, 0.05) is 16.2 Å². The molecule has 10 rings (SSSR count). The van der Waals surface area contributed by atoms with E-state index in [1.165, 1.54) is 88.0 Å². The third-order valence-corrected chi connectivity index (χ3v) is 10.5. The Bertz CT molecular complexity index is 2520. The molecule has 1 heteroatoms. The lowest BCUT2D eigenvalue weighted by molar-refractivity contribution is 0.660. The molecule has 0 saturated carbocycles. The molecule has 0 saturated heterocycles. The fourth-order valence-electron chi connectivity index (χ4n) is 8.62. The Kier molecular flexibility index (Phi) is 4.69. The van der Waals surface area contributed by atoms with E-state index in [1.54, 1.807) is 0 Å². The third-order valence-electron chi connectivity index (χ3n) is 10.5. The molecule has 0 unspecified atom stereocenters. The van der Waals surface area contributed by atoms with Crippen LogP contribution in [0.1, 0.15) is 42.5 Å². The van der Waals surface area contributed by atoms with Gasteiger partial charge in [-0.15, -0.1) is 0 Å². The molecular weight excluding hydrogens is 532 g/mol. The fourth-order valence-corrected chi connectivity index (χ4v) is 8.62. The van der Waals surface area contributed by atoms with Crippen molar-refractivity contribution in [1.29, 1.82) is 0 Å². The van der Waals surface area contributed by atoms with Crippen molar-refractivity contribution in [3.63, 3.8) is 0 Å². The van der Waals surface area contributed by atoms with E-state index < -0.39 is 0 Å². The first-order chi connectivity index (χ1) is 21.6. The van der Waals surface area contributed by atoms with E-state index in [0.29, 0.717) is 0 Å². The molecule has 1 nitrogen and oxygen atoms in total. The van der Waals surface area contributed by atoms with E-state index in [4.69, 9.17) is 4.42 Å². The number of furan rings is 1. The maximum absolute atomic E-state index is 6.36. The predicted octanol–water partition coefficient (Wildman–Crippen LogP) is 11.9. The minimum absolute atomic E-state index is 0.0352. The molecule has 0 spiro atoms. The largest absolute Gasteiger partial charge is 0.456 e. The monoisotopic (exact) mass is 562 g/mol. The molecule has 0 aliphatic heterocycles. The second-order valence-electron chi connectivity index (χ2n) is 13.1. The van der Waals surface area contributed by atoms with E-state index in [9.17, 15) is 0 Å². The molecule has 7 aromatic carbocycles. The summed E-state index contributed by atoms with van der Waals surface area (Å²) in [5.41, 5.74) is 15.7. The lowest BCUT2D eigenvalue weighted by Gasteiger charge is -2.26. The molecule has 2 aliphatic carbocycles. The summed E-state index contributed by atoms with van der Waals surface area (Å²) in [7, 11) is 0. The molecule has 0 amide bonds. The first-order valence-electron chi connectivity index (χ1n) is 15.8. The Morgan fingerprint density at radius 1 is 0.568 bits per heavy atom. The van der Waals surface area contributed by atoms with Crippen LogP contribution >= 0.6 is 0 Å². The number of hydrogen-bond donors (Lipinski definition) is 0. The highest BCUT2D eigenvalue weighted by Gasteiger charge is 2.37. The third kappa shape index (κ3) is 2.99. The molecule has 0 fully saturated rings. The zero-order valence-corrected chi connectivity index (χ0v) is 24.9. The van der Waals surface area contributed by atoms with Gasteiger partial charge in [-0.05, 0) is 108 Å². The summed E-state index contributed by atoms with van der Waals surface area (Å²) in [6, 6.07) is 40.5. The van der Waals surface area contributed by atoms with Crippen LogP contribution in [-0.2, 0) is 11.8 Å². The Balaban J connectivity index is 1.37. The van der Waals surface area contributed by atoms with Gasteiger partial charge in [0.15, 0.2) is 0 Å². The van der Waals surface area contributed by atoms with Crippen LogP contribution in [0.4, 0.5) is 0 Å². The van der Waals surface area contributed by atoms with Gasteiger partial charge < -0.3 is 4.42 Å². The van der Waals surface area contributed by atoms with E-state index in [1.807, 2.05) is 0 Å². The van der Waals surface area contributed by atoms with Gasteiger partial charge in [0.25, 0.3) is 0 Å². The molecule has 0 radical (unpaired) electrons. The van der Waals surface area contributed by atoms with Crippen molar-refractivity contribution in [2.45, 2.75) is 32.1 Å². The summed E-state index contributed by atoms with van der Waals surface area (Å²) in [6.45, 7) is 4.75. The standard InChI is InChI=1S/C43H30O/c1-43(2)34-20-8-7-17-31(34)41-32(19-10-21-35(41)43)39-26-13-3-5-15-28(26)40(29-16-6-4-14-27(29)39)33-24-25-12-9-22-36-38(25)42-30(33)18-11-23-37(42)44-36/h3,5-13,15-24H,4,14H2,1-2H3. The van der Waals surface area contributed by atoms with Crippen LogP contribution in [0.5, 0.6) is 0 Å². The van der Waals surface area contributed by atoms with Gasteiger partial charge in [-0.2, -0.15) is 0 Å². The second-order valence-corrected chi connectivity index (χ2v) is 13.1. The van der Waals surface area contributed by atoms with Crippen LogP contribution in [-0.4, -0.2) is 0 Å². The number of benzene rings is 7. The normalized spacial score (nSPS) is 15.0. The molecule has 0 N–H and O–H groups in total. The summed E-state index contributed by atoms with van der Waals surface area (Å²) in [6.07, 6.45) is 6.84. The number of fused-ring (bicyclic) bond motifs is 5. The van der Waals surface area contributed by atoms with Crippen LogP contribution in [0.2, 0.25) is 0 Å². The molecule has 208 valence electrons. The summed E-state index contributed by atoms with van der Waals surface area (Å²) < 4.78 is 6.36. The molecule has 1 heterocycles. The van der Waals surface area contributed by atoms with Gasteiger partial charge in [-0.1, -0.05) is 117 Å². The average Bonchev–Trinajstić information content (AvgIpc) is 3.56. The van der Waals surface area contributed by atoms with Crippen molar-refractivity contribution in [2.24, 2.45) is 0 Å². The van der Waals surface area contributed by atoms with Gasteiger partial charge >= 0.3 is 0 Å². The topological polar surface area (TPSA) is 13.1 Å². The molecular formula is C43H30O. The van der Waals surface area contributed by atoms with Crippen LogP contribution in [0, 0.1) is 0 Å². The molecule has 0 atom stereocenters. The highest BCUT2D eigenvalue weighted by molar-refractivity contribution is 6.27.